The van der Waals surface area contributed by atoms with Crippen molar-refractivity contribution < 1.29 is 31.5 Å². The van der Waals surface area contributed by atoms with Crippen molar-refractivity contribution in [2.45, 2.75) is 17.6 Å². The number of aromatic hydroxyl groups is 1. The molecule has 202 valence electrons. The second-order valence-corrected chi connectivity index (χ2v) is 10.8. The van der Waals surface area contributed by atoms with Crippen LogP contribution in [0.4, 0.5) is 24.7 Å². The van der Waals surface area contributed by atoms with E-state index in [4.69, 9.17) is 17.3 Å². The van der Waals surface area contributed by atoms with Crippen molar-refractivity contribution >= 4 is 39.0 Å². The number of halogens is 4. The van der Waals surface area contributed by atoms with Gasteiger partial charge in [-0.15, -0.1) is 0 Å². The number of nitrogens with zero attached hydrogens (tertiary/aromatic N) is 3. The van der Waals surface area contributed by atoms with Crippen molar-refractivity contribution in [3.63, 3.8) is 0 Å². The summed E-state index contributed by atoms with van der Waals surface area (Å²) in [6.45, 7) is 0.457. The van der Waals surface area contributed by atoms with Crippen molar-refractivity contribution in [2.24, 2.45) is 5.73 Å². The molecule has 4 N–H and O–H groups in total. The molecule has 0 saturated carbocycles. The summed E-state index contributed by atoms with van der Waals surface area (Å²) >= 11 is 5.77. The topological polar surface area (TPSA) is 129 Å². The third-order valence-corrected chi connectivity index (χ3v) is 8.07. The molecule has 0 radical (unpaired) electrons. The van der Waals surface area contributed by atoms with Crippen LogP contribution in [-0.2, 0) is 22.7 Å². The second kappa shape index (κ2) is 10.8. The number of sulfonamides is 1. The number of alkyl halides is 3. The number of aromatic nitrogens is 1. The first-order valence-electron chi connectivity index (χ1n) is 11.3. The minimum atomic E-state index is -4.59. The Balaban J connectivity index is 1.42. The van der Waals surface area contributed by atoms with Crippen LogP contribution in [0.15, 0.2) is 59.5 Å². The fourth-order valence-corrected chi connectivity index (χ4v) is 5.54. The molecule has 1 amide bonds. The van der Waals surface area contributed by atoms with E-state index in [-0.39, 0.29) is 59.9 Å². The van der Waals surface area contributed by atoms with E-state index in [1.165, 1.54) is 40.7 Å². The number of hydrogen-bond donors (Lipinski definition) is 3. The van der Waals surface area contributed by atoms with Gasteiger partial charge >= 0.3 is 6.18 Å². The number of nitrogens with one attached hydrogen (secondary N) is 1. The summed E-state index contributed by atoms with van der Waals surface area (Å²) in [6, 6.07) is 11.5. The predicted molar refractivity (Wildman–Crippen MR) is 136 cm³/mol. The monoisotopic (exact) mass is 569 g/mol. The average molecular weight is 570 g/mol. The molecule has 2 heterocycles. The van der Waals surface area contributed by atoms with Crippen LogP contribution < -0.4 is 16.0 Å². The number of benzene rings is 2. The highest BCUT2D eigenvalue weighted by molar-refractivity contribution is 7.89. The lowest BCUT2D eigenvalue weighted by atomic mass is 10.1. The van der Waals surface area contributed by atoms with Gasteiger partial charge in [0.2, 0.25) is 10.0 Å². The largest absolute Gasteiger partial charge is 0.507 e. The third-order valence-electron chi connectivity index (χ3n) is 5.96. The maximum atomic E-state index is 13.1. The molecule has 1 aromatic heterocycles. The van der Waals surface area contributed by atoms with Gasteiger partial charge in [-0.1, -0.05) is 17.7 Å². The van der Waals surface area contributed by atoms with Crippen LogP contribution in [0.25, 0.3) is 0 Å². The summed E-state index contributed by atoms with van der Waals surface area (Å²) in [6.07, 6.45) is -4.59. The number of piperazine rings is 1. The Morgan fingerprint density at radius 3 is 2.32 bits per heavy atom. The van der Waals surface area contributed by atoms with E-state index in [0.29, 0.717) is 11.3 Å². The number of carbonyl (C=O) groups excluding carboxylic acids is 1. The van der Waals surface area contributed by atoms with Gasteiger partial charge < -0.3 is 21.1 Å². The maximum absolute atomic E-state index is 13.1. The fraction of sp³-hybridized carbons (Fsp3) is 0.250. The van der Waals surface area contributed by atoms with Gasteiger partial charge in [0.05, 0.1) is 16.0 Å². The molecular weight excluding hydrogens is 547 g/mol. The first-order valence-corrected chi connectivity index (χ1v) is 13.1. The average Bonchev–Trinajstić information content (AvgIpc) is 2.88. The third kappa shape index (κ3) is 6.01. The van der Waals surface area contributed by atoms with E-state index in [2.05, 4.69) is 10.3 Å². The van der Waals surface area contributed by atoms with E-state index in [9.17, 15) is 31.5 Å². The van der Waals surface area contributed by atoms with E-state index in [0.717, 1.165) is 12.1 Å². The lowest BCUT2D eigenvalue weighted by molar-refractivity contribution is -0.137. The molecule has 0 spiro atoms. The number of anilines is 2. The molecule has 9 nitrogen and oxygen atoms in total. The normalized spacial score (nSPS) is 14.9. The Bertz CT molecular complexity index is 1440. The van der Waals surface area contributed by atoms with Crippen LogP contribution in [0.1, 0.15) is 21.5 Å². The van der Waals surface area contributed by atoms with Crippen molar-refractivity contribution in [2.75, 3.05) is 36.4 Å². The van der Waals surface area contributed by atoms with Gasteiger partial charge in [-0.05, 0) is 54.1 Å². The van der Waals surface area contributed by atoms with Gasteiger partial charge in [0.25, 0.3) is 5.91 Å². The molecule has 1 aliphatic heterocycles. The van der Waals surface area contributed by atoms with E-state index in [1.807, 2.05) is 0 Å². The zero-order chi connectivity index (χ0) is 27.7. The summed E-state index contributed by atoms with van der Waals surface area (Å²) in [4.78, 5) is 18.0. The lowest BCUT2D eigenvalue weighted by Gasteiger charge is -2.35. The summed E-state index contributed by atoms with van der Waals surface area (Å²) < 4.78 is 66.9. The van der Waals surface area contributed by atoms with Crippen LogP contribution in [0, 0.1) is 0 Å². The minimum absolute atomic E-state index is 0.0165. The van der Waals surface area contributed by atoms with Crippen molar-refractivity contribution in [3.8, 4) is 5.75 Å². The van der Waals surface area contributed by atoms with Crippen LogP contribution in [-0.4, -0.2) is 54.9 Å². The Morgan fingerprint density at radius 1 is 1.05 bits per heavy atom. The molecule has 1 saturated heterocycles. The van der Waals surface area contributed by atoms with Crippen LogP contribution in [0.5, 0.6) is 5.75 Å². The zero-order valence-electron chi connectivity index (χ0n) is 19.7. The molecule has 0 atom stereocenters. The highest BCUT2D eigenvalue weighted by Crippen LogP contribution is 2.33. The van der Waals surface area contributed by atoms with Crippen LogP contribution in [0.2, 0.25) is 5.15 Å². The van der Waals surface area contributed by atoms with Gasteiger partial charge in [-0.2, -0.15) is 17.5 Å². The molecule has 1 fully saturated rings. The smallest absolute Gasteiger partial charge is 0.416 e. The summed E-state index contributed by atoms with van der Waals surface area (Å²) in [5, 5.41) is 12.3. The summed E-state index contributed by atoms with van der Waals surface area (Å²) in [7, 11) is -3.91. The van der Waals surface area contributed by atoms with Gasteiger partial charge in [0, 0.05) is 38.4 Å². The number of pyridine rings is 1. The number of hydrogen-bond acceptors (Lipinski definition) is 7. The molecule has 38 heavy (non-hydrogen) atoms. The predicted octanol–water partition coefficient (Wildman–Crippen LogP) is 3.68. The SMILES string of the molecule is NCc1ccc(O)c(C(=O)Nc2ccc(S(=O)(=O)N3CCN(c4cc(C(F)(F)F)cc(Cl)n4)CC3)cc2)c1. The van der Waals surface area contributed by atoms with E-state index in [1.54, 1.807) is 11.0 Å². The Kier molecular flexibility index (Phi) is 7.83. The second-order valence-electron chi connectivity index (χ2n) is 8.46. The Morgan fingerprint density at radius 2 is 1.71 bits per heavy atom. The summed E-state index contributed by atoms with van der Waals surface area (Å²) in [5.74, 6) is -0.793. The molecule has 2 aromatic carbocycles. The number of amides is 1. The van der Waals surface area contributed by atoms with Gasteiger partial charge in [-0.25, -0.2) is 13.4 Å². The zero-order valence-corrected chi connectivity index (χ0v) is 21.3. The Labute approximate surface area is 221 Å². The van der Waals surface area contributed by atoms with Crippen LogP contribution in [0.3, 0.4) is 0 Å². The lowest BCUT2D eigenvalue weighted by Crippen LogP contribution is -2.49. The quantitative estimate of drug-likeness (QED) is 0.386. The molecule has 14 heteroatoms. The van der Waals surface area contributed by atoms with Gasteiger partial charge in [0.15, 0.2) is 0 Å². The molecule has 4 rings (SSSR count). The number of phenolic OH excluding ortho intramolecular Hbond substituents is 1. The van der Waals surface area contributed by atoms with Gasteiger partial charge in [-0.3, -0.25) is 4.79 Å². The van der Waals surface area contributed by atoms with E-state index < -0.39 is 27.7 Å². The van der Waals surface area contributed by atoms with Gasteiger partial charge in [0.1, 0.15) is 16.7 Å². The molecule has 1 aliphatic rings. The highest BCUT2D eigenvalue weighted by Gasteiger charge is 2.33. The molecule has 3 aromatic rings. The standard InChI is InChI=1S/C24H23ClF3N5O4S/c25-21-12-16(24(26,27)28)13-22(31-21)32-7-9-33(10-8-32)38(36,37)18-4-2-17(3-5-18)30-23(35)19-11-15(14-29)1-6-20(19)34/h1-6,11-13,34H,7-10,14,29H2,(H,30,35). The molecule has 0 bridgehead atoms. The number of carbonyl (C=O) groups is 1. The van der Waals surface area contributed by atoms with Crippen molar-refractivity contribution in [3.05, 3.63) is 76.4 Å². The molecule has 0 aliphatic carbocycles. The number of rotatable bonds is 6. The highest BCUT2D eigenvalue weighted by atomic mass is 35.5. The maximum Gasteiger partial charge on any atom is 0.416 e. The first-order chi connectivity index (χ1) is 17.9. The first kappa shape index (κ1) is 27.6. The molecular formula is C24H23ClF3N5O4S. The van der Waals surface area contributed by atoms with Crippen molar-refractivity contribution in [1.82, 2.24) is 9.29 Å². The van der Waals surface area contributed by atoms with Crippen LogP contribution >= 0.6 is 11.6 Å². The van der Waals surface area contributed by atoms with Crippen molar-refractivity contribution in [1.29, 1.82) is 0 Å². The van der Waals surface area contributed by atoms with E-state index >= 15 is 0 Å². The summed E-state index contributed by atoms with van der Waals surface area (Å²) in [5.41, 5.74) is 5.64. The number of phenols is 1. The molecule has 0 unspecified atom stereocenters. The number of nitrogens with two attached hydrogens (primary N) is 1. The fourth-order valence-electron chi connectivity index (χ4n) is 3.92. The minimum Gasteiger partial charge on any atom is -0.507 e. The Hall–Kier alpha value is -3.39.